The fraction of sp³-hybridized carbons (Fsp3) is 0.500. The molecule has 0 unspecified atom stereocenters. The van der Waals surface area contributed by atoms with E-state index < -0.39 is 22.1 Å². The molecular formula is C8H12N2O5S2. The Labute approximate surface area is 102 Å². The maximum atomic E-state index is 11.8. The molecule has 0 fully saturated rings. The molecule has 0 spiro atoms. The second-order valence-corrected chi connectivity index (χ2v) is 6.00. The van der Waals surface area contributed by atoms with E-state index in [2.05, 4.69) is 14.4 Å². The predicted molar refractivity (Wildman–Crippen MR) is 60.3 cm³/mol. The average molecular weight is 280 g/mol. The number of aliphatic hydroxyl groups excluding tert-OH is 1. The van der Waals surface area contributed by atoms with Crippen LogP contribution in [-0.4, -0.2) is 44.2 Å². The normalized spacial score (nSPS) is 13.4. The number of rotatable bonds is 5. The summed E-state index contributed by atoms with van der Waals surface area (Å²) >= 11 is 0.808. The quantitative estimate of drug-likeness (QED) is 0.710. The molecular weight excluding hydrogens is 268 g/mol. The molecule has 9 heteroatoms. The van der Waals surface area contributed by atoms with Gasteiger partial charge in [-0.3, -0.25) is 0 Å². The zero-order valence-electron chi connectivity index (χ0n) is 9.21. The Morgan fingerprint density at radius 1 is 1.71 bits per heavy atom. The first-order chi connectivity index (χ1) is 7.88. The number of hydrogen-bond acceptors (Lipinski definition) is 7. The molecule has 0 amide bonds. The van der Waals surface area contributed by atoms with E-state index in [0.717, 1.165) is 18.4 Å². The van der Waals surface area contributed by atoms with Gasteiger partial charge in [-0.25, -0.2) is 22.9 Å². The van der Waals surface area contributed by atoms with Gasteiger partial charge in [-0.2, -0.15) is 0 Å². The topological polar surface area (TPSA) is 106 Å². The number of thiazole rings is 1. The summed E-state index contributed by atoms with van der Waals surface area (Å²) in [6, 6.07) is 0. The first kappa shape index (κ1) is 14.0. The highest BCUT2D eigenvalue weighted by Gasteiger charge is 2.26. The highest BCUT2D eigenvalue weighted by atomic mass is 32.2. The maximum Gasteiger partial charge on any atom is 0.358 e. The molecule has 1 atom stereocenters. The summed E-state index contributed by atoms with van der Waals surface area (Å²) in [5.74, 6) is -0.816. The number of carbonyl (C=O) groups is 1. The molecule has 1 aromatic heterocycles. The van der Waals surface area contributed by atoms with Crippen LogP contribution >= 0.6 is 11.3 Å². The molecule has 0 aliphatic heterocycles. The van der Waals surface area contributed by atoms with Crippen molar-refractivity contribution in [3.05, 3.63) is 11.2 Å². The Kier molecular flexibility index (Phi) is 4.57. The maximum absolute atomic E-state index is 11.8. The van der Waals surface area contributed by atoms with Crippen LogP contribution in [0.1, 0.15) is 17.4 Å². The van der Waals surface area contributed by atoms with Crippen LogP contribution in [0.4, 0.5) is 0 Å². The fourth-order valence-corrected chi connectivity index (χ4v) is 3.25. The number of aromatic nitrogens is 1. The number of carbonyl (C=O) groups excluding carboxylic acids is 1. The number of nitrogens with zero attached hydrogens (tertiary/aromatic N) is 1. The van der Waals surface area contributed by atoms with Crippen LogP contribution in [0.25, 0.3) is 0 Å². The van der Waals surface area contributed by atoms with Gasteiger partial charge in [0.1, 0.15) is 0 Å². The second kappa shape index (κ2) is 5.54. The van der Waals surface area contributed by atoms with Crippen molar-refractivity contribution >= 4 is 27.3 Å². The van der Waals surface area contributed by atoms with E-state index in [0.29, 0.717) is 0 Å². The largest absolute Gasteiger partial charge is 0.464 e. The SMILES string of the molecule is COC(=O)c1ncsc1S(=O)(=O)NC[C@H](C)O. The summed E-state index contributed by atoms with van der Waals surface area (Å²) in [7, 11) is -2.71. The van der Waals surface area contributed by atoms with E-state index in [-0.39, 0.29) is 16.4 Å². The molecule has 0 aliphatic rings. The third-order valence-electron chi connectivity index (χ3n) is 1.73. The minimum absolute atomic E-state index is 0.138. The highest BCUT2D eigenvalue weighted by molar-refractivity contribution is 7.91. The molecule has 0 saturated carbocycles. The number of esters is 1. The molecule has 1 heterocycles. The van der Waals surface area contributed by atoms with Crippen molar-refractivity contribution in [1.29, 1.82) is 0 Å². The Hall–Kier alpha value is -1.03. The van der Waals surface area contributed by atoms with Gasteiger partial charge in [-0.05, 0) is 6.92 Å². The summed E-state index contributed by atoms with van der Waals surface area (Å²) in [6.45, 7) is 1.30. The van der Waals surface area contributed by atoms with Gasteiger partial charge in [0.25, 0.3) is 10.0 Å². The van der Waals surface area contributed by atoms with Gasteiger partial charge < -0.3 is 9.84 Å². The molecule has 1 aromatic rings. The Bertz CT molecular complexity index is 494. The van der Waals surface area contributed by atoms with Crippen molar-refractivity contribution < 1.29 is 23.1 Å². The first-order valence-corrected chi connectivity index (χ1v) is 6.94. The summed E-state index contributed by atoms with van der Waals surface area (Å²) < 4.78 is 29.9. The lowest BCUT2D eigenvalue weighted by Crippen LogP contribution is -2.31. The number of hydrogen-bond donors (Lipinski definition) is 2. The number of methoxy groups -OCH3 is 1. The summed E-state index contributed by atoms with van der Waals surface area (Å²) in [6.07, 6.45) is -0.820. The lowest BCUT2D eigenvalue weighted by Gasteiger charge is -2.07. The zero-order chi connectivity index (χ0) is 13.1. The van der Waals surface area contributed by atoms with Crippen molar-refractivity contribution in [1.82, 2.24) is 9.71 Å². The number of ether oxygens (including phenoxy) is 1. The van der Waals surface area contributed by atoms with Crippen LogP contribution in [0.15, 0.2) is 9.72 Å². The highest BCUT2D eigenvalue weighted by Crippen LogP contribution is 2.20. The standard InChI is InChI=1S/C8H12N2O5S2/c1-5(11)3-10-17(13,14)8-6(7(12)15-2)9-4-16-8/h4-5,10-11H,3H2,1-2H3/t5-/m0/s1. The molecule has 0 aromatic carbocycles. The number of aliphatic hydroxyl groups is 1. The lowest BCUT2D eigenvalue weighted by atomic mass is 10.4. The molecule has 0 saturated heterocycles. The Morgan fingerprint density at radius 2 is 2.35 bits per heavy atom. The van der Waals surface area contributed by atoms with E-state index in [1.807, 2.05) is 0 Å². The minimum atomic E-state index is -3.85. The van der Waals surface area contributed by atoms with E-state index in [1.165, 1.54) is 12.4 Å². The van der Waals surface area contributed by atoms with Crippen LogP contribution in [0, 0.1) is 0 Å². The molecule has 0 aliphatic carbocycles. The molecule has 0 radical (unpaired) electrons. The van der Waals surface area contributed by atoms with Crippen molar-refractivity contribution in [2.24, 2.45) is 0 Å². The van der Waals surface area contributed by atoms with E-state index >= 15 is 0 Å². The molecule has 96 valence electrons. The van der Waals surface area contributed by atoms with Gasteiger partial charge in [0.05, 0.1) is 18.7 Å². The third kappa shape index (κ3) is 3.46. The van der Waals surface area contributed by atoms with E-state index in [4.69, 9.17) is 5.11 Å². The van der Waals surface area contributed by atoms with Crippen molar-refractivity contribution in [2.75, 3.05) is 13.7 Å². The van der Waals surface area contributed by atoms with Crippen LogP contribution in [0.5, 0.6) is 0 Å². The lowest BCUT2D eigenvalue weighted by molar-refractivity contribution is 0.0590. The van der Waals surface area contributed by atoms with Crippen molar-refractivity contribution in [3.63, 3.8) is 0 Å². The van der Waals surface area contributed by atoms with Gasteiger partial charge in [0.2, 0.25) is 0 Å². The van der Waals surface area contributed by atoms with Gasteiger partial charge in [0.15, 0.2) is 9.90 Å². The van der Waals surface area contributed by atoms with Gasteiger partial charge in [-0.15, -0.1) is 11.3 Å². The molecule has 0 bridgehead atoms. The Morgan fingerprint density at radius 3 is 2.88 bits per heavy atom. The van der Waals surface area contributed by atoms with Gasteiger partial charge >= 0.3 is 5.97 Å². The first-order valence-electron chi connectivity index (χ1n) is 4.58. The smallest absolute Gasteiger partial charge is 0.358 e. The van der Waals surface area contributed by atoms with E-state index in [9.17, 15) is 13.2 Å². The van der Waals surface area contributed by atoms with Crippen LogP contribution in [-0.2, 0) is 14.8 Å². The average Bonchev–Trinajstić information content (AvgIpc) is 2.75. The minimum Gasteiger partial charge on any atom is -0.464 e. The van der Waals surface area contributed by atoms with Gasteiger partial charge in [-0.1, -0.05) is 0 Å². The fourth-order valence-electron chi connectivity index (χ4n) is 0.955. The van der Waals surface area contributed by atoms with Crippen molar-refractivity contribution in [2.45, 2.75) is 17.2 Å². The number of nitrogens with one attached hydrogen (secondary N) is 1. The molecule has 17 heavy (non-hydrogen) atoms. The number of sulfonamides is 1. The monoisotopic (exact) mass is 280 g/mol. The summed E-state index contributed by atoms with van der Waals surface area (Å²) in [5, 5.41) is 9.01. The summed E-state index contributed by atoms with van der Waals surface area (Å²) in [5.41, 5.74) is 0.985. The van der Waals surface area contributed by atoms with Crippen LogP contribution < -0.4 is 4.72 Å². The third-order valence-corrected chi connectivity index (χ3v) is 4.52. The zero-order valence-corrected chi connectivity index (χ0v) is 10.8. The van der Waals surface area contributed by atoms with Crippen LogP contribution in [0.3, 0.4) is 0 Å². The van der Waals surface area contributed by atoms with Crippen molar-refractivity contribution in [3.8, 4) is 0 Å². The van der Waals surface area contributed by atoms with E-state index in [1.54, 1.807) is 0 Å². The predicted octanol–water partition coefficient (Wildman–Crippen LogP) is -0.411. The van der Waals surface area contributed by atoms with Crippen LogP contribution in [0.2, 0.25) is 0 Å². The van der Waals surface area contributed by atoms with Gasteiger partial charge in [0, 0.05) is 6.54 Å². The second-order valence-electron chi connectivity index (χ2n) is 3.18. The Balaban J connectivity index is 2.99. The summed E-state index contributed by atoms with van der Waals surface area (Å²) in [4.78, 5) is 14.9. The molecule has 2 N–H and O–H groups in total. The molecule has 7 nitrogen and oxygen atoms in total. The molecule has 1 rings (SSSR count).